The Morgan fingerprint density at radius 1 is 1.11 bits per heavy atom. The van der Waals surface area contributed by atoms with E-state index in [2.05, 4.69) is 4.74 Å². The van der Waals surface area contributed by atoms with Gasteiger partial charge >= 0.3 is 6.61 Å². The van der Waals surface area contributed by atoms with Gasteiger partial charge in [-0.05, 0) is 61.6 Å². The molecule has 3 aromatic rings. The molecule has 9 heteroatoms. The van der Waals surface area contributed by atoms with E-state index in [4.69, 9.17) is 0 Å². The number of aromatic nitrogens is 1. The SMILES string of the molecule is Cc1cccc(C)c1-n1c(=O)/c(=C/c2ccc(OC(F)F)cc2)s/c1=C(/C#N)C(=O)N1CCCC1. The van der Waals surface area contributed by atoms with Gasteiger partial charge in [0.05, 0.1) is 10.2 Å². The average Bonchev–Trinajstić information content (AvgIpc) is 3.45. The number of nitrogens with zero attached hydrogens (tertiary/aromatic N) is 3. The number of nitriles is 1. The third-order valence-electron chi connectivity index (χ3n) is 5.82. The number of likely N-dealkylation sites (tertiary alicyclic amines) is 1. The van der Waals surface area contributed by atoms with Crippen LogP contribution in [-0.2, 0) is 4.79 Å². The lowest BCUT2D eigenvalue weighted by atomic mass is 10.1. The normalized spacial score (nSPS) is 14.9. The van der Waals surface area contributed by atoms with Crippen LogP contribution < -0.4 is 19.5 Å². The van der Waals surface area contributed by atoms with Crippen LogP contribution in [0.2, 0.25) is 0 Å². The number of amides is 1. The zero-order valence-corrected chi connectivity index (χ0v) is 20.1. The fourth-order valence-corrected chi connectivity index (χ4v) is 5.26. The molecule has 35 heavy (non-hydrogen) atoms. The Hall–Kier alpha value is -3.77. The van der Waals surface area contributed by atoms with E-state index in [0.717, 1.165) is 35.3 Å². The van der Waals surface area contributed by atoms with Crippen LogP contribution in [-0.4, -0.2) is 35.1 Å². The van der Waals surface area contributed by atoms with E-state index in [1.54, 1.807) is 23.1 Å². The first-order valence-corrected chi connectivity index (χ1v) is 11.9. The summed E-state index contributed by atoms with van der Waals surface area (Å²) >= 11 is 1.06. The molecule has 0 saturated carbocycles. The third-order valence-corrected chi connectivity index (χ3v) is 6.91. The van der Waals surface area contributed by atoms with Crippen LogP contribution >= 0.6 is 11.3 Å². The summed E-state index contributed by atoms with van der Waals surface area (Å²) in [5.74, 6) is -0.375. The maximum atomic E-state index is 13.6. The lowest BCUT2D eigenvalue weighted by Gasteiger charge is -2.15. The number of benzene rings is 2. The topological polar surface area (TPSA) is 75.3 Å². The molecule has 1 fully saturated rings. The molecule has 0 spiro atoms. The van der Waals surface area contributed by atoms with Crippen molar-refractivity contribution >= 4 is 28.9 Å². The van der Waals surface area contributed by atoms with Gasteiger partial charge in [-0.25, -0.2) is 0 Å². The molecule has 1 saturated heterocycles. The highest BCUT2D eigenvalue weighted by Gasteiger charge is 2.25. The van der Waals surface area contributed by atoms with Gasteiger partial charge in [0.1, 0.15) is 16.5 Å². The zero-order valence-electron chi connectivity index (χ0n) is 19.3. The standard InChI is InChI=1S/C26H23F2N3O3S/c1-16-6-5-7-17(2)22(16)31-24(33)21(14-18-8-10-19(11-9-18)34-26(27)28)35-25(31)20(15-29)23(32)30-12-3-4-13-30/h5-11,14,26H,3-4,12-13H2,1-2H3/b21-14-,25-20-. The highest BCUT2D eigenvalue weighted by molar-refractivity contribution is 7.07. The van der Waals surface area contributed by atoms with E-state index < -0.39 is 6.61 Å². The van der Waals surface area contributed by atoms with Gasteiger partial charge in [0.25, 0.3) is 11.5 Å². The van der Waals surface area contributed by atoms with E-state index in [0.29, 0.717) is 28.9 Å². The summed E-state index contributed by atoms with van der Waals surface area (Å²) < 4.78 is 31.3. The minimum absolute atomic E-state index is 0.00766. The first kappa shape index (κ1) is 24.4. The van der Waals surface area contributed by atoms with Crippen LogP contribution in [0.3, 0.4) is 0 Å². The second-order valence-electron chi connectivity index (χ2n) is 8.23. The summed E-state index contributed by atoms with van der Waals surface area (Å²) in [4.78, 5) is 28.5. The molecule has 180 valence electrons. The first-order valence-electron chi connectivity index (χ1n) is 11.1. The van der Waals surface area contributed by atoms with Crippen molar-refractivity contribution in [1.82, 2.24) is 9.47 Å². The van der Waals surface area contributed by atoms with Gasteiger partial charge < -0.3 is 9.64 Å². The monoisotopic (exact) mass is 495 g/mol. The zero-order chi connectivity index (χ0) is 25.1. The van der Waals surface area contributed by atoms with E-state index in [1.807, 2.05) is 38.1 Å². The number of ether oxygens (including phenoxy) is 1. The van der Waals surface area contributed by atoms with Gasteiger partial charge in [0, 0.05) is 13.1 Å². The molecule has 1 aliphatic rings. The van der Waals surface area contributed by atoms with Crippen LogP contribution in [0, 0.1) is 25.2 Å². The molecule has 1 aromatic heterocycles. The molecular weight excluding hydrogens is 472 g/mol. The molecule has 0 N–H and O–H groups in total. The van der Waals surface area contributed by atoms with E-state index in [9.17, 15) is 23.6 Å². The van der Waals surface area contributed by atoms with Gasteiger partial charge in [0.2, 0.25) is 0 Å². The minimum atomic E-state index is -2.93. The summed E-state index contributed by atoms with van der Waals surface area (Å²) in [5, 5.41) is 9.98. The minimum Gasteiger partial charge on any atom is -0.435 e. The maximum absolute atomic E-state index is 13.6. The van der Waals surface area contributed by atoms with Crippen molar-refractivity contribution in [3.63, 3.8) is 0 Å². The van der Waals surface area contributed by atoms with Crippen LogP contribution in [0.15, 0.2) is 47.3 Å². The summed E-state index contributed by atoms with van der Waals surface area (Å²) in [5.41, 5.74) is 2.45. The molecule has 0 atom stereocenters. The predicted molar refractivity (Wildman–Crippen MR) is 130 cm³/mol. The Kier molecular flexibility index (Phi) is 7.12. The molecule has 0 bridgehead atoms. The van der Waals surface area contributed by atoms with Gasteiger partial charge in [-0.3, -0.25) is 14.2 Å². The Balaban J connectivity index is 1.97. The highest BCUT2D eigenvalue weighted by atomic mass is 32.1. The van der Waals surface area contributed by atoms with Crippen molar-refractivity contribution in [3.05, 3.63) is 78.7 Å². The summed E-state index contributed by atoms with van der Waals surface area (Å²) in [6.07, 6.45) is 3.37. The summed E-state index contributed by atoms with van der Waals surface area (Å²) in [7, 11) is 0. The largest absolute Gasteiger partial charge is 0.435 e. The molecule has 4 rings (SSSR count). The van der Waals surface area contributed by atoms with Gasteiger partial charge in [-0.1, -0.05) is 30.3 Å². The van der Waals surface area contributed by atoms with Crippen molar-refractivity contribution in [2.75, 3.05) is 13.1 Å². The van der Waals surface area contributed by atoms with E-state index >= 15 is 0 Å². The molecule has 0 radical (unpaired) electrons. The number of rotatable bonds is 5. The number of halogens is 2. The molecule has 6 nitrogen and oxygen atoms in total. The van der Waals surface area contributed by atoms with Crippen molar-refractivity contribution in [3.8, 4) is 17.5 Å². The molecule has 0 unspecified atom stereocenters. The number of carbonyl (C=O) groups is 1. The fraction of sp³-hybridized carbons (Fsp3) is 0.269. The quantitative estimate of drug-likeness (QED) is 0.545. The van der Waals surface area contributed by atoms with Crippen molar-refractivity contribution < 1.29 is 18.3 Å². The maximum Gasteiger partial charge on any atom is 0.387 e. The summed E-state index contributed by atoms with van der Waals surface area (Å²) in [6.45, 7) is 1.97. The second-order valence-corrected chi connectivity index (χ2v) is 9.26. The molecule has 1 aliphatic heterocycles. The molecular formula is C26H23F2N3O3S. The molecule has 2 aromatic carbocycles. The number of carbonyl (C=O) groups excluding carboxylic acids is 1. The summed E-state index contributed by atoms with van der Waals surface area (Å²) in [6, 6.07) is 13.6. The van der Waals surface area contributed by atoms with Gasteiger partial charge in [-0.15, -0.1) is 11.3 Å². The fourth-order valence-electron chi connectivity index (χ4n) is 4.17. The molecule has 2 heterocycles. The number of aryl methyl sites for hydroxylation is 2. The smallest absolute Gasteiger partial charge is 0.387 e. The Labute approximate surface area is 204 Å². The van der Waals surface area contributed by atoms with Crippen LogP contribution in [0.5, 0.6) is 5.75 Å². The van der Waals surface area contributed by atoms with Crippen molar-refractivity contribution in [2.45, 2.75) is 33.3 Å². The number of para-hydroxylation sites is 1. The van der Waals surface area contributed by atoms with E-state index in [1.165, 1.54) is 16.7 Å². The highest BCUT2D eigenvalue weighted by Crippen LogP contribution is 2.18. The van der Waals surface area contributed by atoms with Crippen LogP contribution in [0.25, 0.3) is 17.3 Å². The average molecular weight is 496 g/mol. The van der Waals surface area contributed by atoms with Gasteiger partial charge in [-0.2, -0.15) is 14.0 Å². The Morgan fingerprint density at radius 2 is 1.74 bits per heavy atom. The van der Waals surface area contributed by atoms with E-state index in [-0.39, 0.29) is 27.5 Å². The lowest BCUT2D eigenvalue weighted by molar-refractivity contribution is -0.123. The Morgan fingerprint density at radius 3 is 2.31 bits per heavy atom. The van der Waals surface area contributed by atoms with Crippen molar-refractivity contribution in [2.24, 2.45) is 0 Å². The third kappa shape index (κ3) is 5.03. The van der Waals surface area contributed by atoms with Crippen LogP contribution in [0.4, 0.5) is 8.78 Å². The second kappa shape index (κ2) is 10.2. The first-order chi connectivity index (χ1) is 16.8. The number of alkyl halides is 2. The molecule has 0 aliphatic carbocycles. The number of hydrogen-bond donors (Lipinski definition) is 0. The Bertz CT molecular complexity index is 1460. The molecule has 1 amide bonds. The van der Waals surface area contributed by atoms with Crippen molar-refractivity contribution in [1.29, 1.82) is 5.26 Å². The number of thiazole rings is 1. The van der Waals surface area contributed by atoms with Gasteiger partial charge in [0.15, 0.2) is 5.57 Å². The predicted octanol–water partition coefficient (Wildman–Crippen LogP) is 3.24. The number of hydrogen-bond acceptors (Lipinski definition) is 5. The van der Waals surface area contributed by atoms with Crippen LogP contribution in [0.1, 0.15) is 29.5 Å². The lowest BCUT2D eigenvalue weighted by Crippen LogP contribution is -2.35.